The van der Waals surface area contributed by atoms with Crippen LogP contribution in [0.4, 0.5) is 0 Å². The smallest absolute Gasteiger partial charge is 0.0593 e. The van der Waals surface area contributed by atoms with E-state index in [1.165, 1.54) is 19.3 Å². The van der Waals surface area contributed by atoms with Crippen molar-refractivity contribution in [1.29, 1.82) is 0 Å². The third-order valence-electron chi connectivity index (χ3n) is 2.75. The molecule has 1 aliphatic rings. The first-order valence-electron chi connectivity index (χ1n) is 5.82. The molecule has 0 spiro atoms. The predicted octanol–water partition coefficient (Wildman–Crippen LogP) is 1.23. The lowest BCUT2D eigenvalue weighted by molar-refractivity contribution is 0.106. The summed E-state index contributed by atoms with van der Waals surface area (Å²) in [4.78, 5) is 2.40. The average molecular weight is 200 g/mol. The fourth-order valence-corrected chi connectivity index (χ4v) is 1.53. The van der Waals surface area contributed by atoms with Crippen molar-refractivity contribution in [2.24, 2.45) is 5.73 Å². The minimum absolute atomic E-state index is 0.810. The summed E-state index contributed by atoms with van der Waals surface area (Å²) in [7, 11) is 2.19. The van der Waals surface area contributed by atoms with E-state index in [2.05, 4.69) is 11.9 Å². The Kier molecular flexibility index (Phi) is 6.15. The van der Waals surface area contributed by atoms with Gasteiger partial charge in [-0.2, -0.15) is 0 Å². The quantitative estimate of drug-likeness (QED) is 0.569. The average Bonchev–Trinajstić information content (AvgIpc) is 2.99. The van der Waals surface area contributed by atoms with Crippen LogP contribution >= 0.6 is 0 Å². The summed E-state index contributed by atoms with van der Waals surface area (Å²) in [6, 6.07) is 0.857. The molecule has 0 aromatic heterocycles. The second-order valence-electron chi connectivity index (χ2n) is 4.17. The maximum atomic E-state index is 5.55. The van der Waals surface area contributed by atoms with Gasteiger partial charge in [-0.25, -0.2) is 0 Å². The second-order valence-corrected chi connectivity index (χ2v) is 4.17. The molecule has 0 aromatic carbocycles. The molecule has 84 valence electrons. The lowest BCUT2D eigenvalue weighted by atomic mass is 10.2. The molecule has 0 heterocycles. The van der Waals surface area contributed by atoms with Crippen molar-refractivity contribution in [2.45, 2.75) is 38.1 Å². The molecule has 0 aromatic rings. The molecule has 0 atom stereocenters. The molecular formula is C11H24N2O. The highest BCUT2D eigenvalue weighted by atomic mass is 16.5. The highest BCUT2D eigenvalue weighted by Gasteiger charge is 2.25. The first-order valence-corrected chi connectivity index (χ1v) is 5.82. The van der Waals surface area contributed by atoms with Crippen molar-refractivity contribution in [3.63, 3.8) is 0 Å². The van der Waals surface area contributed by atoms with Crippen LogP contribution in [0.2, 0.25) is 0 Å². The minimum Gasteiger partial charge on any atom is -0.380 e. The van der Waals surface area contributed by atoms with Crippen molar-refractivity contribution >= 4 is 0 Å². The number of likely N-dealkylation sites (N-methyl/N-ethyl adjacent to an activating group) is 1. The van der Waals surface area contributed by atoms with Gasteiger partial charge in [0.25, 0.3) is 0 Å². The Morgan fingerprint density at radius 1 is 1.21 bits per heavy atom. The number of ether oxygens (including phenoxy) is 1. The third kappa shape index (κ3) is 5.58. The molecule has 0 unspecified atom stereocenters. The maximum Gasteiger partial charge on any atom is 0.0593 e. The van der Waals surface area contributed by atoms with Crippen molar-refractivity contribution in [2.75, 3.05) is 33.4 Å². The van der Waals surface area contributed by atoms with Gasteiger partial charge in [0.05, 0.1) is 6.61 Å². The number of rotatable bonds is 9. The SMILES string of the molecule is CN(CCOCCCCCN)C1CC1. The van der Waals surface area contributed by atoms with E-state index in [4.69, 9.17) is 10.5 Å². The summed E-state index contributed by atoms with van der Waals surface area (Å²) >= 11 is 0. The van der Waals surface area contributed by atoms with Crippen LogP contribution in [0, 0.1) is 0 Å². The molecule has 0 saturated heterocycles. The zero-order valence-corrected chi connectivity index (χ0v) is 9.37. The molecule has 2 N–H and O–H groups in total. The van der Waals surface area contributed by atoms with Gasteiger partial charge in [-0.05, 0) is 45.7 Å². The van der Waals surface area contributed by atoms with Gasteiger partial charge in [-0.3, -0.25) is 0 Å². The number of unbranched alkanes of at least 4 members (excludes halogenated alkanes) is 2. The molecular weight excluding hydrogens is 176 g/mol. The largest absolute Gasteiger partial charge is 0.380 e. The van der Waals surface area contributed by atoms with E-state index in [9.17, 15) is 0 Å². The highest BCUT2D eigenvalue weighted by Crippen LogP contribution is 2.24. The molecule has 3 nitrogen and oxygen atoms in total. The molecule has 1 aliphatic carbocycles. The minimum atomic E-state index is 0.810. The lowest BCUT2D eigenvalue weighted by Gasteiger charge is -2.15. The van der Waals surface area contributed by atoms with Crippen LogP contribution in [0.1, 0.15) is 32.1 Å². The van der Waals surface area contributed by atoms with Crippen molar-refractivity contribution in [1.82, 2.24) is 4.90 Å². The van der Waals surface area contributed by atoms with E-state index in [1.807, 2.05) is 0 Å². The Morgan fingerprint density at radius 2 is 2.00 bits per heavy atom. The van der Waals surface area contributed by atoms with E-state index in [0.29, 0.717) is 0 Å². The normalized spacial score (nSPS) is 16.5. The monoisotopic (exact) mass is 200 g/mol. The molecule has 14 heavy (non-hydrogen) atoms. The molecule has 1 saturated carbocycles. The summed E-state index contributed by atoms with van der Waals surface area (Å²) in [5, 5.41) is 0. The summed E-state index contributed by atoms with van der Waals surface area (Å²) in [6.45, 7) is 3.68. The van der Waals surface area contributed by atoms with Gasteiger partial charge in [-0.1, -0.05) is 0 Å². The topological polar surface area (TPSA) is 38.5 Å². The number of hydrogen-bond acceptors (Lipinski definition) is 3. The first-order chi connectivity index (χ1) is 6.84. The van der Waals surface area contributed by atoms with Gasteiger partial charge in [0.2, 0.25) is 0 Å². The Morgan fingerprint density at radius 3 is 2.64 bits per heavy atom. The summed E-state index contributed by atoms with van der Waals surface area (Å²) in [5.74, 6) is 0. The van der Waals surface area contributed by atoms with E-state index in [0.717, 1.165) is 45.2 Å². The summed E-state index contributed by atoms with van der Waals surface area (Å²) in [5.41, 5.74) is 5.40. The van der Waals surface area contributed by atoms with Crippen LogP contribution in [-0.2, 0) is 4.74 Å². The van der Waals surface area contributed by atoms with Crippen molar-refractivity contribution < 1.29 is 4.74 Å². The Labute approximate surface area is 87.6 Å². The van der Waals surface area contributed by atoms with E-state index in [-0.39, 0.29) is 0 Å². The zero-order chi connectivity index (χ0) is 10.2. The van der Waals surface area contributed by atoms with Gasteiger partial charge in [0.15, 0.2) is 0 Å². The lowest BCUT2D eigenvalue weighted by Crippen LogP contribution is -2.25. The van der Waals surface area contributed by atoms with E-state index >= 15 is 0 Å². The second kappa shape index (κ2) is 7.21. The van der Waals surface area contributed by atoms with E-state index in [1.54, 1.807) is 0 Å². The third-order valence-corrected chi connectivity index (χ3v) is 2.75. The van der Waals surface area contributed by atoms with Crippen LogP contribution in [0.5, 0.6) is 0 Å². The standard InChI is InChI=1S/C11H24N2O/c1-13(11-5-6-11)8-10-14-9-4-2-3-7-12/h11H,2-10,12H2,1H3. The highest BCUT2D eigenvalue weighted by molar-refractivity contribution is 4.81. The number of nitrogens with two attached hydrogens (primary N) is 1. The van der Waals surface area contributed by atoms with Gasteiger partial charge in [0, 0.05) is 19.2 Å². The molecule has 3 heteroatoms. The predicted molar refractivity (Wildman–Crippen MR) is 59.4 cm³/mol. The molecule has 0 amide bonds. The Bertz CT molecular complexity index is 137. The first kappa shape index (κ1) is 12.0. The fourth-order valence-electron chi connectivity index (χ4n) is 1.53. The Hall–Kier alpha value is -0.120. The zero-order valence-electron chi connectivity index (χ0n) is 9.37. The molecule has 0 bridgehead atoms. The number of nitrogens with zero attached hydrogens (tertiary/aromatic N) is 1. The Balaban J connectivity index is 1.75. The van der Waals surface area contributed by atoms with Gasteiger partial charge < -0.3 is 15.4 Å². The van der Waals surface area contributed by atoms with Crippen LogP contribution in [0.25, 0.3) is 0 Å². The van der Waals surface area contributed by atoms with E-state index < -0.39 is 0 Å². The van der Waals surface area contributed by atoms with Crippen LogP contribution in [0.3, 0.4) is 0 Å². The fraction of sp³-hybridized carbons (Fsp3) is 1.00. The summed E-state index contributed by atoms with van der Waals surface area (Å²) < 4.78 is 5.55. The summed E-state index contributed by atoms with van der Waals surface area (Å²) in [6.07, 6.45) is 6.25. The van der Waals surface area contributed by atoms with Crippen LogP contribution < -0.4 is 5.73 Å². The van der Waals surface area contributed by atoms with Gasteiger partial charge in [0.1, 0.15) is 0 Å². The van der Waals surface area contributed by atoms with Crippen molar-refractivity contribution in [3.05, 3.63) is 0 Å². The molecule has 0 radical (unpaired) electrons. The molecule has 1 rings (SSSR count). The molecule has 0 aliphatic heterocycles. The number of hydrogen-bond donors (Lipinski definition) is 1. The van der Waals surface area contributed by atoms with Gasteiger partial charge >= 0.3 is 0 Å². The maximum absolute atomic E-state index is 5.55. The van der Waals surface area contributed by atoms with Crippen LogP contribution in [0.15, 0.2) is 0 Å². The van der Waals surface area contributed by atoms with Gasteiger partial charge in [-0.15, -0.1) is 0 Å². The molecule has 1 fully saturated rings. The van der Waals surface area contributed by atoms with Crippen LogP contribution in [-0.4, -0.2) is 44.3 Å². The van der Waals surface area contributed by atoms with Crippen molar-refractivity contribution in [3.8, 4) is 0 Å².